The molecule has 0 aliphatic heterocycles. The summed E-state index contributed by atoms with van der Waals surface area (Å²) in [5, 5.41) is 9.10. The number of rotatable bonds is 2. The fourth-order valence-electron chi connectivity index (χ4n) is 1.96. The second-order valence-corrected chi connectivity index (χ2v) is 4.10. The van der Waals surface area contributed by atoms with Gasteiger partial charge in [0.2, 0.25) is 0 Å². The molecule has 0 bridgehead atoms. The van der Waals surface area contributed by atoms with Gasteiger partial charge in [-0.25, -0.2) is 9.78 Å². The maximum absolute atomic E-state index is 11.1. The normalized spacial score (nSPS) is 10.5. The fourth-order valence-corrected chi connectivity index (χ4v) is 1.96. The highest BCUT2D eigenvalue weighted by Gasteiger charge is 2.10. The van der Waals surface area contributed by atoms with Crippen molar-refractivity contribution in [1.29, 1.82) is 0 Å². The molecule has 19 heavy (non-hydrogen) atoms. The van der Waals surface area contributed by atoms with Gasteiger partial charge in [0.25, 0.3) is 0 Å². The van der Waals surface area contributed by atoms with Crippen LogP contribution >= 0.6 is 0 Å². The number of aromatic carboxylic acids is 1. The number of carboxylic acids is 1. The summed E-state index contributed by atoms with van der Waals surface area (Å²) in [5.41, 5.74) is 2.86. The minimum absolute atomic E-state index is 0.171. The summed E-state index contributed by atoms with van der Waals surface area (Å²) in [6.07, 6.45) is 1.60. The summed E-state index contributed by atoms with van der Waals surface area (Å²) in [7, 11) is 0. The van der Waals surface area contributed by atoms with E-state index in [9.17, 15) is 4.79 Å². The molecule has 0 radical (unpaired) electrons. The third-order valence-electron chi connectivity index (χ3n) is 2.87. The largest absolute Gasteiger partial charge is 0.478 e. The standard InChI is InChI=1S/C15H10N2O2/c18-15(19)11-7-4-8-12-14(11)16-9-13(17-12)10-5-2-1-3-6-10/h1-9H,(H,18,19). The molecule has 0 spiro atoms. The van der Waals surface area contributed by atoms with Crippen LogP contribution in [-0.2, 0) is 0 Å². The van der Waals surface area contributed by atoms with E-state index in [0.717, 1.165) is 11.3 Å². The van der Waals surface area contributed by atoms with E-state index in [0.29, 0.717) is 11.0 Å². The molecule has 1 aromatic heterocycles. The predicted octanol–water partition coefficient (Wildman–Crippen LogP) is 3.00. The highest BCUT2D eigenvalue weighted by molar-refractivity contribution is 6.00. The Kier molecular flexibility index (Phi) is 2.68. The quantitative estimate of drug-likeness (QED) is 0.759. The van der Waals surface area contributed by atoms with Crippen LogP contribution in [0.25, 0.3) is 22.3 Å². The minimum Gasteiger partial charge on any atom is -0.478 e. The molecule has 92 valence electrons. The van der Waals surface area contributed by atoms with Gasteiger partial charge in [-0.3, -0.25) is 4.98 Å². The van der Waals surface area contributed by atoms with Gasteiger partial charge >= 0.3 is 5.97 Å². The molecular weight excluding hydrogens is 240 g/mol. The molecule has 1 heterocycles. The molecule has 0 atom stereocenters. The first-order valence-electron chi connectivity index (χ1n) is 5.80. The zero-order valence-electron chi connectivity index (χ0n) is 9.95. The number of aromatic nitrogens is 2. The van der Waals surface area contributed by atoms with Crippen molar-refractivity contribution in [3.05, 3.63) is 60.3 Å². The number of nitrogens with zero attached hydrogens (tertiary/aromatic N) is 2. The smallest absolute Gasteiger partial charge is 0.337 e. The fraction of sp³-hybridized carbons (Fsp3) is 0. The van der Waals surface area contributed by atoms with Gasteiger partial charge < -0.3 is 5.11 Å². The monoisotopic (exact) mass is 250 g/mol. The third-order valence-corrected chi connectivity index (χ3v) is 2.87. The molecule has 0 unspecified atom stereocenters. The van der Waals surface area contributed by atoms with Crippen molar-refractivity contribution in [3.63, 3.8) is 0 Å². The Hall–Kier alpha value is -2.75. The first-order chi connectivity index (χ1) is 9.25. The van der Waals surface area contributed by atoms with Crippen molar-refractivity contribution in [2.24, 2.45) is 0 Å². The van der Waals surface area contributed by atoms with Crippen LogP contribution in [0.4, 0.5) is 0 Å². The second kappa shape index (κ2) is 4.49. The predicted molar refractivity (Wildman–Crippen MR) is 71.9 cm³/mol. The summed E-state index contributed by atoms with van der Waals surface area (Å²) in [4.78, 5) is 19.8. The van der Waals surface area contributed by atoms with Gasteiger partial charge in [0.15, 0.2) is 0 Å². The number of fused-ring (bicyclic) bond motifs is 1. The van der Waals surface area contributed by atoms with Gasteiger partial charge in [0.05, 0.1) is 23.0 Å². The third kappa shape index (κ3) is 2.04. The Balaban J connectivity index is 2.20. The molecule has 0 amide bonds. The Morgan fingerprint density at radius 2 is 1.79 bits per heavy atom. The molecular formula is C15H10N2O2. The molecule has 0 saturated heterocycles. The van der Waals surface area contributed by atoms with E-state index in [4.69, 9.17) is 5.11 Å². The summed E-state index contributed by atoms with van der Waals surface area (Å²) in [6, 6.07) is 14.6. The van der Waals surface area contributed by atoms with E-state index in [1.807, 2.05) is 30.3 Å². The van der Waals surface area contributed by atoms with Gasteiger partial charge in [-0.05, 0) is 12.1 Å². The SMILES string of the molecule is O=C(O)c1cccc2nc(-c3ccccc3)cnc12. The van der Waals surface area contributed by atoms with E-state index >= 15 is 0 Å². The second-order valence-electron chi connectivity index (χ2n) is 4.10. The first kappa shape index (κ1) is 11.3. The number of para-hydroxylation sites is 1. The lowest BCUT2D eigenvalue weighted by Gasteiger charge is -2.04. The van der Waals surface area contributed by atoms with E-state index in [1.165, 1.54) is 6.07 Å². The zero-order valence-corrected chi connectivity index (χ0v) is 9.95. The topological polar surface area (TPSA) is 63.1 Å². The van der Waals surface area contributed by atoms with Crippen LogP contribution < -0.4 is 0 Å². The van der Waals surface area contributed by atoms with Crippen molar-refractivity contribution in [2.75, 3.05) is 0 Å². The average molecular weight is 250 g/mol. The first-order valence-corrected chi connectivity index (χ1v) is 5.80. The molecule has 3 rings (SSSR count). The highest BCUT2D eigenvalue weighted by Crippen LogP contribution is 2.20. The molecule has 2 aromatic carbocycles. The lowest BCUT2D eigenvalue weighted by Crippen LogP contribution is -2.00. The lowest BCUT2D eigenvalue weighted by molar-refractivity contribution is 0.0699. The number of carboxylic acid groups (broad SMARTS) is 1. The Bertz CT molecular complexity index is 754. The van der Waals surface area contributed by atoms with E-state index in [-0.39, 0.29) is 5.56 Å². The number of carbonyl (C=O) groups is 1. The summed E-state index contributed by atoms with van der Waals surface area (Å²) in [5.74, 6) is -0.993. The van der Waals surface area contributed by atoms with Crippen LogP contribution in [0.15, 0.2) is 54.7 Å². The molecule has 4 nitrogen and oxygen atoms in total. The van der Waals surface area contributed by atoms with Crippen molar-refractivity contribution in [3.8, 4) is 11.3 Å². The van der Waals surface area contributed by atoms with Crippen LogP contribution in [-0.4, -0.2) is 21.0 Å². The number of hydrogen-bond donors (Lipinski definition) is 1. The van der Waals surface area contributed by atoms with Crippen LogP contribution in [0.3, 0.4) is 0 Å². The Morgan fingerprint density at radius 1 is 1.00 bits per heavy atom. The van der Waals surface area contributed by atoms with Crippen LogP contribution in [0.2, 0.25) is 0 Å². The average Bonchev–Trinajstić information content (AvgIpc) is 2.47. The maximum atomic E-state index is 11.1. The zero-order chi connectivity index (χ0) is 13.2. The van der Waals surface area contributed by atoms with Gasteiger partial charge in [-0.1, -0.05) is 36.4 Å². The summed E-state index contributed by atoms with van der Waals surface area (Å²) >= 11 is 0. The van der Waals surface area contributed by atoms with Gasteiger partial charge in [-0.2, -0.15) is 0 Å². The van der Waals surface area contributed by atoms with Gasteiger partial charge in [-0.15, -0.1) is 0 Å². The summed E-state index contributed by atoms with van der Waals surface area (Å²) < 4.78 is 0. The van der Waals surface area contributed by atoms with Crippen molar-refractivity contribution < 1.29 is 9.90 Å². The molecule has 3 aromatic rings. The molecule has 0 aliphatic rings. The molecule has 1 N–H and O–H groups in total. The maximum Gasteiger partial charge on any atom is 0.337 e. The summed E-state index contributed by atoms with van der Waals surface area (Å²) in [6.45, 7) is 0. The minimum atomic E-state index is -0.993. The Morgan fingerprint density at radius 3 is 2.53 bits per heavy atom. The number of hydrogen-bond acceptors (Lipinski definition) is 3. The van der Waals surface area contributed by atoms with Gasteiger partial charge in [0.1, 0.15) is 5.52 Å². The van der Waals surface area contributed by atoms with Crippen LogP contribution in [0.5, 0.6) is 0 Å². The Labute approximate surface area is 109 Å². The van der Waals surface area contributed by atoms with Crippen molar-refractivity contribution in [1.82, 2.24) is 9.97 Å². The molecule has 4 heteroatoms. The van der Waals surface area contributed by atoms with Crippen LogP contribution in [0, 0.1) is 0 Å². The molecule has 0 aliphatic carbocycles. The van der Waals surface area contributed by atoms with E-state index in [1.54, 1.807) is 18.3 Å². The van der Waals surface area contributed by atoms with E-state index in [2.05, 4.69) is 9.97 Å². The number of benzene rings is 2. The van der Waals surface area contributed by atoms with Gasteiger partial charge in [0, 0.05) is 5.56 Å². The van der Waals surface area contributed by atoms with E-state index < -0.39 is 5.97 Å². The highest BCUT2D eigenvalue weighted by atomic mass is 16.4. The molecule has 0 fully saturated rings. The lowest BCUT2D eigenvalue weighted by atomic mass is 10.1. The van der Waals surface area contributed by atoms with Crippen molar-refractivity contribution >= 4 is 17.0 Å². The van der Waals surface area contributed by atoms with Crippen LogP contribution in [0.1, 0.15) is 10.4 Å². The molecule has 0 saturated carbocycles. The van der Waals surface area contributed by atoms with Crippen molar-refractivity contribution in [2.45, 2.75) is 0 Å².